The van der Waals surface area contributed by atoms with Crippen molar-refractivity contribution in [2.45, 2.75) is 27.7 Å². The first-order chi connectivity index (χ1) is 8.18. The highest BCUT2D eigenvalue weighted by atomic mass is 79.9. The van der Waals surface area contributed by atoms with Gasteiger partial charge in [0.2, 0.25) is 5.91 Å². The average molecular weight is 311 g/mol. The van der Waals surface area contributed by atoms with Crippen LogP contribution in [0.3, 0.4) is 0 Å². The normalized spacial score (nSPS) is 20.5. The van der Waals surface area contributed by atoms with Gasteiger partial charge in [-0.3, -0.25) is 4.79 Å². The van der Waals surface area contributed by atoms with Gasteiger partial charge in [-0.2, -0.15) is 0 Å². The Bertz CT molecular complexity index is 495. The molecule has 1 amide bonds. The lowest BCUT2D eigenvalue weighted by atomic mass is 10.0. The minimum absolute atomic E-state index is 0.0352. The van der Waals surface area contributed by atoms with Gasteiger partial charge < -0.3 is 11.1 Å². The topological polar surface area (TPSA) is 55.1 Å². The van der Waals surface area contributed by atoms with Crippen LogP contribution in [-0.4, -0.2) is 5.91 Å². The smallest absolute Gasteiger partial charge is 0.228 e. The Balaban J connectivity index is 2.14. The zero-order valence-electron chi connectivity index (χ0n) is 11.2. The summed E-state index contributed by atoms with van der Waals surface area (Å²) in [6.45, 7) is 8.51. The molecule has 98 valence electrons. The number of anilines is 2. The molecule has 0 aliphatic heterocycles. The third kappa shape index (κ3) is 1.92. The molecule has 0 atom stereocenters. The molecule has 0 saturated heterocycles. The zero-order chi connectivity index (χ0) is 13.7. The number of halogens is 1. The molecule has 1 aliphatic rings. The molecule has 4 heteroatoms. The van der Waals surface area contributed by atoms with Crippen LogP contribution in [0.5, 0.6) is 0 Å². The van der Waals surface area contributed by atoms with E-state index in [1.165, 1.54) is 0 Å². The number of nitrogens with one attached hydrogen (secondary N) is 1. The van der Waals surface area contributed by atoms with Crippen molar-refractivity contribution in [2.24, 2.45) is 16.7 Å². The van der Waals surface area contributed by atoms with E-state index in [0.717, 1.165) is 4.47 Å². The van der Waals surface area contributed by atoms with E-state index in [-0.39, 0.29) is 22.7 Å². The second kappa shape index (κ2) is 3.98. The molecule has 0 spiro atoms. The number of carbonyl (C=O) groups is 1. The van der Waals surface area contributed by atoms with Crippen LogP contribution in [0.1, 0.15) is 27.7 Å². The van der Waals surface area contributed by atoms with E-state index in [0.29, 0.717) is 11.4 Å². The lowest BCUT2D eigenvalue weighted by Crippen LogP contribution is -2.18. The summed E-state index contributed by atoms with van der Waals surface area (Å²) < 4.78 is 0.907. The molecule has 0 bridgehead atoms. The Hall–Kier alpha value is -1.03. The second-order valence-electron chi connectivity index (χ2n) is 6.10. The third-order valence-electron chi connectivity index (χ3n) is 4.55. The highest BCUT2D eigenvalue weighted by molar-refractivity contribution is 9.10. The van der Waals surface area contributed by atoms with Crippen LogP contribution in [0.2, 0.25) is 0 Å². The largest absolute Gasteiger partial charge is 0.397 e. The standard InChI is InChI=1S/C14H19BrN2O/c1-13(2)11(14(13,3)4)12(18)17-10-6-5-8(15)7-9(10)16/h5-7,11H,16H2,1-4H3,(H,17,18). The van der Waals surface area contributed by atoms with Crippen LogP contribution >= 0.6 is 15.9 Å². The molecule has 3 nitrogen and oxygen atoms in total. The van der Waals surface area contributed by atoms with Gasteiger partial charge in [0.1, 0.15) is 0 Å². The van der Waals surface area contributed by atoms with Gasteiger partial charge in [0, 0.05) is 10.4 Å². The molecule has 1 saturated carbocycles. The van der Waals surface area contributed by atoms with Gasteiger partial charge in [0.05, 0.1) is 11.4 Å². The molecule has 18 heavy (non-hydrogen) atoms. The minimum Gasteiger partial charge on any atom is -0.397 e. The number of benzene rings is 1. The number of hydrogen-bond donors (Lipinski definition) is 2. The van der Waals surface area contributed by atoms with Gasteiger partial charge in [-0.15, -0.1) is 0 Å². The number of carbonyl (C=O) groups excluding carboxylic acids is 1. The molecule has 0 heterocycles. The van der Waals surface area contributed by atoms with Gasteiger partial charge in [-0.05, 0) is 29.0 Å². The molecule has 1 fully saturated rings. The number of nitrogens with two attached hydrogens (primary N) is 1. The molecule has 1 aromatic carbocycles. The highest BCUT2D eigenvalue weighted by Gasteiger charge is 2.68. The molecule has 3 N–H and O–H groups in total. The monoisotopic (exact) mass is 310 g/mol. The molecular weight excluding hydrogens is 292 g/mol. The summed E-state index contributed by atoms with van der Waals surface area (Å²) in [4.78, 5) is 12.3. The quantitative estimate of drug-likeness (QED) is 0.819. The van der Waals surface area contributed by atoms with Gasteiger partial charge in [-0.25, -0.2) is 0 Å². The molecule has 1 aromatic rings. The van der Waals surface area contributed by atoms with Crippen LogP contribution in [0, 0.1) is 16.7 Å². The fraction of sp³-hybridized carbons (Fsp3) is 0.500. The van der Waals surface area contributed by atoms with Gasteiger partial charge >= 0.3 is 0 Å². The number of hydrogen-bond acceptors (Lipinski definition) is 2. The van der Waals surface area contributed by atoms with Gasteiger partial charge in [-0.1, -0.05) is 43.6 Å². The van der Waals surface area contributed by atoms with Crippen LogP contribution in [0.4, 0.5) is 11.4 Å². The predicted octanol–water partition coefficient (Wildman–Crippen LogP) is 3.65. The van der Waals surface area contributed by atoms with Crippen molar-refractivity contribution in [1.82, 2.24) is 0 Å². The predicted molar refractivity (Wildman–Crippen MR) is 78.2 cm³/mol. The van der Waals surface area contributed by atoms with E-state index in [1.54, 1.807) is 6.07 Å². The van der Waals surface area contributed by atoms with Crippen molar-refractivity contribution in [3.05, 3.63) is 22.7 Å². The maximum absolute atomic E-state index is 12.3. The van der Waals surface area contributed by atoms with E-state index in [9.17, 15) is 4.79 Å². The molecular formula is C14H19BrN2O. The van der Waals surface area contributed by atoms with Crippen molar-refractivity contribution in [2.75, 3.05) is 11.1 Å². The summed E-state index contributed by atoms with van der Waals surface area (Å²) in [5.41, 5.74) is 7.23. The summed E-state index contributed by atoms with van der Waals surface area (Å²) >= 11 is 3.35. The second-order valence-corrected chi connectivity index (χ2v) is 7.01. The molecule has 0 unspecified atom stereocenters. The first-order valence-electron chi connectivity index (χ1n) is 6.04. The number of amides is 1. The maximum Gasteiger partial charge on any atom is 0.228 e. The molecule has 1 aliphatic carbocycles. The fourth-order valence-electron chi connectivity index (χ4n) is 2.70. The van der Waals surface area contributed by atoms with E-state index in [1.807, 2.05) is 12.1 Å². The SMILES string of the molecule is CC1(C)C(C(=O)Nc2ccc(Br)cc2N)C1(C)C. The first kappa shape index (κ1) is 13.4. The van der Waals surface area contributed by atoms with Crippen molar-refractivity contribution in [3.63, 3.8) is 0 Å². The summed E-state index contributed by atoms with van der Waals surface area (Å²) in [6, 6.07) is 5.48. The van der Waals surface area contributed by atoms with E-state index in [4.69, 9.17) is 5.73 Å². The molecule has 0 radical (unpaired) electrons. The van der Waals surface area contributed by atoms with E-state index >= 15 is 0 Å². The Labute approximate surface area is 116 Å². The van der Waals surface area contributed by atoms with Crippen LogP contribution in [0.25, 0.3) is 0 Å². The van der Waals surface area contributed by atoms with Gasteiger partial charge in [0.25, 0.3) is 0 Å². The molecule has 0 aromatic heterocycles. The lowest BCUT2D eigenvalue weighted by Gasteiger charge is -2.09. The van der Waals surface area contributed by atoms with Gasteiger partial charge in [0.15, 0.2) is 0 Å². The van der Waals surface area contributed by atoms with E-state index < -0.39 is 0 Å². The Kier molecular flexibility index (Phi) is 2.97. The number of nitrogen functional groups attached to an aromatic ring is 1. The Morgan fingerprint density at radius 3 is 2.28 bits per heavy atom. The summed E-state index contributed by atoms with van der Waals surface area (Å²) in [7, 11) is 0. The number of rotatable bonds is 2. The van der Waals surface area contributed by atoms with Crippen molar-refractivity contribution in [1.29, 1.82) is 0 Å². The van der Waals surface area contributed by atoms with Crippen LogP contribution < -0.4 is 11.1 Å². The lowest BCUT2D eigenvalue weighted by molar-refractivity contribution is -0.118. The van der Waals surface area contributed by atoms with E-state index in [2.05, 4.69) is 48.9 Å². The molecule has 2 rings (SSSR count). The minimum atomic E-state index is 0.0352. The summed E-state index contributed by atoms with van der Waals surface area (Å²) in [6.07, 6.45) is 0. The van der Waals surface area contributed by atoms with Crippen molar-refractivity contribution >= 4 is 33.2 Å². The summed E-state index contributed by atoms with van der Waals surface area (Å²) in [5, 5.41) is 2.93. The zero-order valence-corrected chi connectivity index (χ0v) is 12.8. The maximum atomic E-state index is 12.3. The Morgan fingerprint density at radius 1 is 1.28 bits per heavy atom. The van der Waals surface area contributed by atoms with Crippen LogP contribution in [0.15, 0.2) is 22.7 Å². The Morgan fingerprint density at radius 2 is 1.83 bits per heavy atom. The summed E-state index contributed by atoms with van der Waals surface area (Å²) in [5.74, 6) is 0.0899. The highest BCUT2D eigenvalue weighted by Crippen LogP contribution is 2.68. The van der Waals surface area contributed by atoms with Crippen molar-refractivity contribution in [3.8, 4) is 0 Å². The average Bonchev–Trinajstić information content (AvgIpc) is 2.62. The first-order valence-corrected chi connectivity index (χ1v) is 6.83. The third-order valence-corrected chi connectivity index (χ3v) is 5.05. The van der Waals surface area contributed by atoms with Crippen LogP contribution in [-0.2, 0) is 4.79 Å². The van der Waals surface area contributed by atoms with Crippen molar-refractivity contribution < 1.29 is 4.79 Å². The fourth-order valence-corrected chi connectivity index (χ4v) is 3.08.